The molecule has 1 aromatic carbocycles. The van der Waals surface area contributed by atoms with Gasteiger partial charge in [-0.1, -0.05) is 6.07 Å². The maximum absolute atomic E-state index is 5.70. The molecule has 1 atom stereocenters. The van der Waals surface area contributed by atoms with Crippen molar-refractivity contribution in [1.29, 1.82) is 0 Å². The highest BCUT2D eigenvalue weighted by Gasteiger charge is 2.15. The third kappa shape index (κ3) is 7.83. The number of benzene rings is 1. The van der Waals surface area contributed by atoms with E-state index in [4.69, 9.17) is 23.6 Å². The van der Waals surface area contributed by atoms with Gasteiger partial charge in [-0.2, -0.15) is 0 Å². The number of methoxy groups -OCH3 is 1. The van der Waals surface area contributed by atoms with Crippen molar-refractivity contribution in [2.45, 2.75) is 45.1 Å². The van der Waals surface area contributed by atoms with Crippen molar-refractivity contribution in [3.05, 3.63) is 47.9 Å². The summed E-state index contributed by atoms with van der Waals surface area (Å²) in [6.45, 7) is 5.73. The molecule has 3 rings (SSSR count). The molecule has 7 heteroatoms. The second-order valence-corrected chi connectivity index (χ2v) is 7.53. The van der Waals surface area contributed by atoms with E-state index >= 15 is 0 Å². The van der Waals surface area contributed by atoms with Crippen molar-refractivity contribution in [3.8, 4) is 11.5 Å². The summed E-state index contributed by atoms with van der Waals surface area (Å²) >= 11 is 0. The summed E-state index contributed by atoms with van der Waals surface area (Å²) in [5.74, 6) is 3.37. The van der Waals surface area contributed by atoms with Crippen molar-refractivity contribution in [1.82, 2.24) is 10.6 Å². The van der Waals surface area contributed by atoms with Crippen molar-refractivity contribution < 1.29 is 18.6 Å². The van der Waals surface area contributed by atoms with E-state index in [2.05, 4.69) is 22.8 Å². The number of nitrogens with one attached hydrogen (secondary N) is 2. The van der Waals surface area contributed by atoms with Gasteiger partial charge in [-0.15, -0.1) is 0 Å². The zero-order chi connectivity index (χ0) is 21.7. The minimum absolute atomic E-state index is 0.236. The fraction of sp³-hybridized carbons (Fsp3) is 0.542. The number of rotatable bonds is 12. The summed E-state index contributed by atoms with van der Waals surface area (Å²) in [5.41, 5.74) is 1.23. The van der Waals surface area contributed by atoms with Gasteiger partial charge in [-0.05, 0) is 62.4 Å². The molecule has 1 aliphatic rings. The first-order valence-electron chi connectivity index (χ1n) is 11.2. The van der Waals surface area contributed by atoms with E-state index in [0.29, 0.717) is 13.2 Å². The number of guanidine groups is 1. The standard InChI is InChI=1S/C24H35N3O4/c1-3-29-23-17-19(10-11-22(23)28-2)7-4-13-25-24(27-18-21-9-6-16-31-21)26-14-12-20-8-5-15-30-20/h5,8,10-11,15,17,21H,3-4,6-7,9,12-14,16,18H2,1-2H3,(H2,25,26,27). The molecular weight excluding hydrogens is 394 g/mol. The van der Waals surface area contributed by atoms with Gasteiger partial charge in [0.05, 0.1) is 32.6 Å². The van der Waals surface area contributed by atoms with Gasteiger partial charge in [-0.25, -0.2) is 0 Å². The van der Waals surface area contributed by atoms with Crippen LogP contribution in [-0.2, 0) is 17.6 Å². The van der Waals surface area contributed by atoms with E-state index in [0.717, 1.165) is 75.0 Å². The molecule has 170 valence electrons. The zero-order valence-electron chi connectivity index (χ0n) is 18.7. The van der Waals surface area contributed by atoms with E-state index in [9.17, 15) is 0 Å². The number of furan rings is 1. The Morgan fingerprint density at radius 2 is 2.06 bits per heavy atom. The van der Waals surface area contributed by atoms with Crippen LogP contribution in [0.3, 0.4) is 0 Å². The molecule has 1 unspecified atom stereocenters. The third-order valence-electron chi connectivity index (χ3n) is 5.18. The summed E-state index contributed by atoms with van der Waals surface area (Å²) in [5, 5.41) is 6.86. The molecule has 1 fully saturated rings. The van der Waals surface area contributed by atoms with Gasteiger partial charge in [0.1, 0.15) is 5.76 Å². The van der Waals surface area contributed by atoms with E-state index in [1.165, 1.54) is 5.56 Å². The van der Waals surface area contributed by atoms with E-state index in [1.807, 2.05) is 25.1 Å². The first kappa shape index (κ1) is 23.0. The van der Waals surface area contributed by atoms with E-state index < -0.39 is 0 Å². The predicted molar refractivity (Wildman–Crippen MR) is 122 cm³/mol. The summed E-state index contributed by atoms with van der Waals surface area (Å²) in [6.07, 6.45) is 6.90. The number of aliphatic imine (C=N–C) groups is 1. The van der Waals surface area contributed by atoms with Gasteiger partial charge in [0, 0.05) is 26.1 Å². The molecule has 0 amide bonds. The molecule has 1 aliphatic heterocycles. The Kier molecular flexibility index (Phi) is 9.57. The van der Waals surface area contributed by atoms with Gasteiger partial charge in [-0.3, -0.25) is 4.99 Å². The molecular formula is C24H35N3O4. The molecule has 1 saturated heterocycles. The topological polar surface area (TPSA) is 77.2 Å². The first-order valence-corrected chi connectivity index (χ1v) is 11.2. The lowest BCUT2D eigenvalue weighted by atomic mass is 10.1. The first-order chi connectivity index (χ1) is 15.3. The fourth-order valence-corrected chi connectivity index (χ4v) is 3.56. The van der Waals surface area contributed by atoms with Crippen LogP contribution in [0.25, 0.3) is 0 Å². The van der Waals surface area contributed by atoms with E-state index in [-0.39, 0.29) is 6.10 Å². The Labute approximate surface area is 185 Å². The third-order valence-corrected chi connectivity index (χ3v) is 5.18. The SMILES string of the molecule is CCOc1cc(CCCNC(=NCC2CCCO2)NCCc2ccco2)ccc1OC. The van der Waals surface area contributed by atoms with Crippen LogP contribution in [0.15, 0.2) is 46.0 Å². The zero-order valence-corrected chi connectivity index (χ0v) is 18.7. The minimum atomic E-state index is 0.236. The highest BCUT2D eigenvalue weighted by atomic mass is 16.5. The smallest absolute Gasteiger partial charge is 0.191 e. The molecule has 2 heterocycles. The predicted octanol–water partition coefficient (Wildman–Crippen LogP) is 3.58. The quantitative estimate of drug-likeness (QED) is 0.305. The van der Waals surface area contributed by atoms with Gasteiger partial charge < -0.3 is 29.3 Å². The maximum Gasteiger partial charge on any atom is 0.191 e. The molecule has 2 aromatic rings. The van der Waals surface area contributed by atoms with Crippen molar-refractivity contribution in [3.63, 3.8) is 0 Å². The summed E-state index contributed by atoms with van der Waals surface area (Å²) < 4.78 is 22.2. The Balaban J connectivity index is 1.46. The number of aryl methyl sites for hydroxylation is 1. The van der Waals surface area contributed by atoms with Gasteiger partial charge in [0.15, 0.2) is 17.5 Å². The van der Waals surface area contributed by atoms with Gasteiger partial charge in [0.25, 0.3) is 0 Å². The number of hydrogen-bond donors (Lipinski definition) is 2. The Morgan fingerprint density at radius 3 is 2.81 bits per heavy atom. The lowest BCUT2D eigenvalue weighted by Crippen LogP contribution is -2.39. The summed E-state index contributed by atoms with van der Waals surface area (Å²) in [6, 6.07) is 10.0. The highest BCUT2D eigenvalue weighted by Crippen LogP contribution is 2.28. The van der Waals surface area contributed by atoms with Crippen LogP contribution < -0.4 is 20.1 Å². The normalized spacial score (nSPS) is 16.3. The van der Waals surface area contributed by atoms with Crippen molar-refractivity contribution in [2.75, 3.05) is 40.0 Å². The molecule has 0 saturated carbocycles. The monoisotopic (exact) mass is 429 g/mol. The average molecular weight is 430 g/mol. The van der Waals surface area contributed by atoms with Crippen LogP contribution in [0.4, 0.5) is 0 Å². The van der Waals surface area contributed by atoms with Crippen molar-refractivity contribution >= 4 is 5.96 Å². The van der Waals surface area contributed by atoms with Crippen LogP contribution in [0.2, 0.25) is 0 Å². The molecule has 1 aromatic heterocycles. The molecule has 0 radical (unpaired) electrons. The lowest BCUT2D eigenvalue weighted by Gasteiger charge is -2.14. The number of hydrogen-bond acceptors (Lipinski definition) is 5. The molecule has 2 N–H and O–H groups in total. The minimum Gasteiger partial charge on any atom is -0.493 e. The Hall–Kier alpha value is -2.67. The second kappa shape index (κ2) is 12.9. The number of ether oxygens (including phenoxy) is 3. The molecule has 31 heavy (non-hydrogen) atoms. The van der Waals surface area contributed by atoms with Gasteiger partial charge in [0.2, 0.25) is 0 Å². The lowest BCUT2D eigenvalue weighted by molar-refractivity contribution is 0.117. The summed E-state index contributed by atoms with van der Waals surface area (Å²) in [4.78, 5) is 4.73. The van der Waals surface area contributed by atoms with Crippen LogP contribution in [-0.4, -0.2) is 52.0 Å². The maximum atomic E-state index is 5.70. The molecule has 7 nitrogen and oxygen atoms in total. The fourth-order valence-electron chi connectivity index (χ4n) is 3.56. The summed E-state index contributed by atoms with van der Waals surface area (Å²) in [7, 11) is 1.66. The van der Waals surface area contributed by atoms with E-state index in [1.54, 1.807) is 13.4 Å². The second-order valence-electron chi connectivity index (χ2n) is 7.53. The highest BCUT2D eigenvalue weighted by molar-refractivity contribution is 5.79. The average Bonchev–Trinajstić information content (AvgIpc) is 3.49. The van der Waals surface area contributed by atoms with Crippen LogP contribution >= 0.6 is 0 Å². The van der Waals surface area contributed by atoms with Crippen molar-refractivity contribution in [2.24, 2.45) is 4.99 Å². The van der Waals surface area contributed by atoms with Crippen LogP contribution in [0.5, 0.6) is 11.5 Å². The van der Waals surface area contributed by atoms with Crippen LogP contribution in [0.1, 0.15) is 37.5 Å². The molecule has 0 spiro atoms. The molecule has 0 bridgehead atoms. The molecule has 0 aliphatic carbocycles. The number of nitrogens with zero attached hydrogens (tertiary/aromatic N) is 1. The van der Waals surface area contributed by atoms with Crippen LogP contribution in [0, 0.1) is 0 Å². The Morgan fingerprint density at radius 1 is 1.16 bits per heavy atom. The largest absolute Gasteiger partial charge is 0.493 e. The van der Waals surface area contributed by atoms with Gasteiger partial charge >= 0.3 is 0 Å². The Bertz CT molecular complexity index is 786.